The number of nitrogens with zero attached hydrogens (tertiary/aromatic N) is 4. The molecule has 0 saturated carbocycles. The van der Waals surface area contributed by atoms with Gasteiger partial charge in [-0.2, -0.15) is 35.5 Å². The summed E-state index contributed by atoms with van der Waals surface area (Å²) in [4.78, 5) is 36.2. The van der Waals surface area contributed by atoms with Crippen LogP contribution in [-0.2, 0) is 60.2 Å². The summed E-state index contributed by atoms with van der Waals surface area (Å²) >= 11 is 7.90. The second-order valence-corrected chi connectivity index (χ2v) is 16.9. The van der Waals surface area contributed by atoms with Crippen LogP contribution in [0.1, 0.15) is 12.8 Å². The van der Waals surface area contributed by atoms with Crippen LogP contribution in [0.4, 0.5) is 34.1 Å². The van der Waals surface area contributed by atoms with Gasteiger partial charge in [-0.15, -0.1) is 10.2 Å². The van der Waals surface area contributed by atoms with Crippen LogP contribution >= 0.6 is 25.3 Å². The molecule has 0 heterocycles. The van der Waals surface area contributed by atoms with Crippen molar-refractivity contribution >= 4 is 119 Å². The molecule has 6 aromatic carbocycles. The maximum Gasteiger partial charge on any atom is 0.230 e. The maximum absolute atomic E-state index is 13.4. The van der Waals surface area contributed by atoms with Crippen molar-refractivity contribution in [1.82, 2.24) is 10.6 Å². The average Bonchev–Trinajstić information content (AvgIpc) is 3.26. The molecule has 0 aliphatic carbocycles. The maximum atomic E-state index is 13.4. The second kappa shape index (κ2) is 22.3. The first-order chi connectivity index (χ1) is 29.5. The number of benzene rings is 6. The zero-order valence-electron chi connectivity index (χ0n) is 33.0. The molecule has 5 N–H and O–H groups in total. The SMILES string of the molecule is Nc1c(N=Nc2ccc(-c3ccc(N=Nc4cc(S(=O)(=O)[O-])c5ccccc5c4NC(=O)CCC(CNC(=O)CS)NC(=O)CS)cc3)cc2)cc(S(=O)(=O)[O-])c2ccccc12.[99Tc].[O-2]. The molecule has 1 unspecified atom stereocenters. The number of nitrogens with one attached hydrogen (secondary N) is 3. The van der Waals surface area contributed by atoms with Crippen molar-refractivity contribution in [2.24, 2.45) is 20.5 Å². The number of rotatable bonds is 16. The number of nitrogens with two attached hydrogens (primary N) is 1. The molecule has 0 spiro atoms. The normalized spacial score (nSPS) is 12.1. The molecule has 64 heavy (non-hydrogen) atoms. The Morgan fingerprint density at radius 1 is 0.625 bits per heavy atom. The van der Waals surface area contributed by atoms with Gasteiger partial charge in [0.1, 0.15) is 31.6 Å². The standard InChI is InChI=1S/C41H38N8O9S4.O.Tc/c42-40-31-7-3-1-5-29(31)35(61(53,54)55)19-33(40)48-46-26-13-9-24(10-14-26)25-11-15-27(16-12-25)47-49-34-20-36(62(56,57)58)30-6-2-4-8-32(30)41(34)45-37(50)18-17-28(44-39(52)23-60)21-43-38(51)22-59;;/h1-16,19-20,28,59-60H,17-18,21-23,42H2,(H,43,51)(H,44,52)(H,45,50)(H,53,54,55)(H,56,57,58);;/q;-2;/p-2/i;;1+1. The number of nitrogen functional groups attached to an aromatic ring is 1. The summed E-state index contributed by atoms with van der Waals surface area (Å²) in [7, 11) is -9.84. The fraction of sp³-hybridized carbons (Fsp3) is 0.146. The van der Waals surface area contributed by atoms with Crippen LogP contribution in [-0.4, -0.2) is 67.8 Å². The van der Waals surface area contributed by atoms with Gasteiger partial charge in [0.05, 0.1) is 44.0 Å². The van der Waals surface area contributed by atoms with Crippen molar-refractivity contribution in [3.63, 3.8) is 0 Å². The zero-order chi connectivity index (χ0) is 44.6. The first kappa shape index (κ1) is 51.0. The molecule has 335 valence electrons. The van der Waals surface area contributed by atoms with E-state index >= 15 is 0 Å². The zero-order valence-corrected chi connectivity index (χ0v) is 38.3. The van der Waals surface area contributed by atoms with Crippen molar-refractivity contribution in [3.05, 3.63) is 109 Å². The van der Waals surface area contributed by atoms with Crippen LogP contribution in [0.25, 0.3) is 32.7 Å². The Labute approximate surface area is 391 Å². The summed E-state index contributed by atoms with van der Waals surface area (Å²) in [5, 5.41) is 25.8. The molecule has 0 saturated heterocycles. The Morgan fingerprint density at radius 2 is 1.08 bits per heavy atom. The number of amides is 3. The van der Waals surface area contributed by atoms with Crippen molar-refractivity contribution in [3.8, 4) is 11.1 Å². The van der Waals surface area contributed by atoms with Crippen LogP contribution in [0.3, 0.4) is 0 Å². The van der Waals surface area contributed by atoms with E-state index in [-0.39, 0.29) is 101 Å². The van der Waals surface area contributed by atoms with Gasteiger partial charge in [-0.25, -0.2) is 16.8 Å². The van der Waals surface area contributed by atoms with Gasteiger partial charge in [-0.1, -0.05) is 72.8 Å². The topological polar surface area (TPSA) is 306 Å². The van der Waals surface area contributed by atoms with Crippen LogP contribution in [0.2, 0.25) is 0 Å². The molecule has 6 aromatic rings. The van der Waals surface area contributed by atoms with Gasteiger partial charge in [-0.05, 0) is 53.9 Å². The Kier molecular flexibility index (Phi) is 17.8. The summed E-state index contributed by atoms with van der Waals surface area (Å²) in [5.41, 5.74) is 8.70. The third kappa shape index (κ3) is 12.8. The monoisotopic (exact) mass is 1030 g/mol. The summed E-state index contributed by atoms with van der Waals surface area (Å²) in [6, 6.07) is 27.6. The van der Waals surface area contributed by atoms with Crippen LogP contribution in [0.5, 0.6) is 0 Å². The number of anilines is 2. The Hall–Kier alpha value is -5.62. The number of fused-ring (bicyclic) bond motifs is 2. The van der Waals surface area contributed by atoms with Crippen molar-refractivity contribution < 1.29 is 65.9 Å². The van der Waals surface area contributed by atoms with Crippen LogP contribution in [0, 0.1) is 0 Å². The third-order valence-electron chi connectivity index (χ3n) is 9.35. The first-order valence-corrected chi connectivity index (χ1v) is 22.5. The van der Waals surface area contributed by atoms with Gasteiger partial charge >= 0.3 is 0 Å². The van der Waals surface area contributed by atoms with Gasteiger partial charge in [0, 0.05) is 60.7 Å². The minimum absolute atomic E-state index is 0. The molecule has 6 rings (SSSR count). The first-order valence-electron chi connectivity index (χ1n) is 18.5. The van der Waals surface area contributed by atoms with E-state index in [2.05, 4.69) is 61.7 Å². The third-order valence-corrected chi connectivity index (χ3v) is 11.7. The van der Waals surface area contributed by atoms with E-state index in [0.717, 1.165) is 23.3 Å². The molecule has 0 fully saturated rings. The summed E-state index contributed by atoms with van der Waals surface area (Å²) < 4.78 is 73.1. The van der Waals surface area contributed by atoms with E-state index in [4.69, 9.17) is 5.73 Å². The van der Waals surface area contributed by atoms with Gasteiger partial charge in [0.2, 0.25) is 17.7 Å². The smallest absolute Gasteiger partial charge is 0.230 e. The van der Waals surface area contributed by atoms with Crippen LogP contribution < -0.4 is 21.7 Å². The van der Waals surface area contributed by atoms with E-state index in [1.807, 2.05) is 0 Å². The predicted molar refractivity (Wildman–Crippen MR) is 240 cm³/mol. The summed E-state index contributed by atoms with van der Waals surface area (Å²) in [6.45, 7) is 0.0342. The molecule has 0 aliphatic heterocycles. The minimum Gasteiger partial charge on any atom is -2.00 e. The predicted octanol–water partition coefficient (Wildman–Crippen LogP) is 6.94. The quantitative estimate of drug-likeness (QED) is 0.0251. The molecule has 3 amide bonds. The van der Waals surface area contributed by atoms with E-state index in [1.54, 1.807) is 78.9 Å². The molecule has 1 radical (unpaired) electrons. The Bertz CT molecular complexity index is 2980. The van der Waals surface area contributed by atoms with Crippen LogP contribution in [0.15, 0.2) is 139 Å². The molecule has 1 atom stereocenters. The fourth-order valence-corrected chi connectivity index (χ4v) is 7.96. The summed E-state index contributed by atoms with van der Waals surface area (Å²) in [5.74, 6) is -1.49. The molecule has 0 aliphatic rings. The van der Waals surface area contributed by atoms with E-state index in [0.29, 0.717) is 16.8 Å². The average molecular weight is 1030 g/mol. The van der Waals surface area contributed by atoms with Gasteiger partial charge in [0.15, 0.2) is 0 Å². The molecule has 0 bridgehead atoms. The van der Waals surface area contributed by atoms with Crippen molar-refractivity contribution in [2.75, 3.05) is 29.1 Å². The number of carbonyl (C=O) groups is 3. The second-order valence-electron chi connectivity index (χ2n) is 13.5. The summed E-state index contributed by atoms with van der Waals surface area (Å²) in [6.07, 6.45) is -0.0286. The Balaban J connectivity index is 0.00000449. The molecule has 23 heteroatoms. The van der Waals surface area contributed by atoms with Crippen molar-refractivity contribution in [2.45, 2.75) is 28.7 Å². The minimum atomic E-state index is -5.01. The Morgan fingerprint density at radius 3 is 1.58 bits per heavy atom. The molecular formula is C41H36N8O10S4Tc-4. The number of hydrogen-bond acceptors (Lipinski definition) is 16. The van der Waals surface area contributed by atoms with E-state index < -0.39 is 47.9 Å². The number of carbonyl (C=O) groups excluding carboxylic acids is 3. The number of thiol groups is 2. The fourth-order valence-electron chi connectivity index (χ4n) is 6.35. The van der Waals surface area contributed by atoms with E-state index in [9.17, 15) is 40.3 Å². The number of azo groups is 2. The van der Waals surface area contributed by atoms with Gasteiger partial charge in [-0.3, -0.25) is 14.4 Å². The van der Waals surface area contributed by atoms with Gasteiger partial charge < -0.3 is 36.3 Å². The van der Waals surface area contributed by atoms with Gasteiger partial charge in [0.25, 0.3) is 0 Å². The molecule has 0 aromatic heterocycles. The van der Waals surface area contributed by atoms with Crippen molar-refractivity contribution in [1.29, 1.82) is 0 Å². The number of hydrogen-bond donors (Lipinski definition) is 6. The molecule has 18 nitrogen and oxygen atoms in total. The van der Waals surface area contributed by atoms with E-state index in [1.165, 1.54) is 18.2 Å². The molecular weight excluding hydrogens is 992 g/mol. The largest absolute Gasteiger partial charge is 2.00 e.